The number of rotatable bonds is 6. The second-order valence-corrected chi connectivity index (χ2v) is 6.86. The molecule has 2 fully saturated rings. The number of amides is 2. The summed E-state index contributed by atoms with van der Waals surface area (Å²) in [4.78, 5) is 26.3. The SMILES string of the molecule is O=C(NC1CC1)c1ccc(OC[C@H]2CCCN2C(=O)c2ccco2)cc1. The van der Waals surface area contributed by atoms with Crippen molar-refractivity contribution in [1.29, 1.82) is 0 Å². The van der Waals surface area contributed by atoms with Crippen LogP contribution in [0.5, 0.6) is 5.75 Å². The van der Waals surface area contributed by atoms with Gasteiger partial charge >= 0.3 is 0 Å². The number of nitrogens with one attached hydrogen (secondary N) is 1. The van der Waals surface area contributed by atoms with E-state index in [1.165, 1.54) is 6.26 Å². The van der Waals surface area contributed by atoms with Gasteiger partial charge in [0, 0.05) is 18.2 Å². The molecule has 6 nitrogen and oxygen atoms in total. The molecule has 2 aliphatic rings. The van der Waals surface area contributed by atoms with Crippen LogP contribution in [-0.4, -0.2) is 41.9 Å². The molecule has 1 N–H and O–H groups in total. The van der Waals surface area contributed by atoms with Crippen molar-refractivity contribution < 1.29 is 18.7 Å². The van der Waals surface area contributed by atoms with Gasteiger partial charge in [0.15, 0.2) is 5.76 Å². The minimum atomic E-state index is -0.0896. The van der Waals surface area contributed by atoms with Crippen molar-refractivity contribution in [2.45, 2.75) is 37.8 Å². The number of hydrogen-bond acceptors (Lipinski definition) is 4. The molecule has 2 aromatic rings. The van der Waals surface area contributed by atoms with E-state index in [1.54, 1.807) is 36.4 Å². The van der Waals surface area contributed by atoms with Crippen molar-refractivity contribution in [1.82, 2.24) is 10.2 Å². The van der Waals surface area contributed by atoms with Crippen LogP contribution in [0.4, 0.5) is 0 Å². The Morgan fingerprint density at radius 3 is 2.65 bits per heavy atom. The molecule has 0 spiro atoms. The largest absolute Gasteiger partial charge is 0.491 e. The fraction of sp³-hybridized carbons (Fsp3) is 0.400. The Bertz CT molecular complexity index is 766. The molecule has 136 valence electrons. The third-order valence-corrected chi connectivity index (χ3v) is 4.84. The first-order chi connectivity index (χ1) is 12.7. The number of likely N-dealkylation sites (tertiary alicyclic amines) is 1. The van der Waals surface area contributed by atoms with Gasteiger partial charge in [0.05, 0.1) is 12.3 Å². The van der Waals surface area contributed by atoms with Gasteiger partial charge in [-0.1, -0.05) is 0 Å². The topological polar surface area (TPSA) is 71.8 Å². The number of hydrogen-bond donors (Lipinski definition) is 1. The van der Waals surface area contributed by atoms with Gasteiger partial charge in [0.2, 0.25) is 0 Å². The normalized spacial score (nSPS) is 19.4. The Hall–Kier alpha value is -2.76. The summed E-state index contributed by atoms with van der Waals surface area (Å²) in [6.07, 6.45) is 5.52. The average molecular weight is 354 g/mol. The van der Waals surface area contributed by atoms with Crippen LogP contribution in [0.3, 0.4) is 0 Å². The highest BCUT2D eigenvalue weighted by atomic mass is 16.5. The van der Waals surface area contributed by atoms with Crippen molar-refractivity contribution in [3.05, 3.63) is 54.0 Å². The molecule has 1 aliphatic carbocycles. The van der Waals surface area contributed by atoms with Crippen LogP contribution in [0.1, 0.15) is 46.6 Å². The molecule has 1 aromatic carbocycles. The Kier molecular flexibility index (Phi) is 4.65. The van der Waals surface area contributed by atoms with Gasteiger partial charge in [-0.25, -0.2) is 0 Å². The highest BCUT2D eigenvalue weighted by molar-refractivity contribution is 5.94. The van der Waals surface area contributed by atoms with Gasteiger partial charge in [0.1, 0.15) is 12.4 Å². The fourth-order valence-electron chi connectivity index (χ4n) is 3.21. The molecule has 1 saturated heterocycles. The molecular weight excluding hydrogens is 332 g/mol. The summed E-state index contributed by atoms with van der Waals surface area (Å²) in [5, 5.41) is 2.97. The summed E-state index contributed by atoms with van der Waals surface area (Å²) in [6, 6.07) is 10.9. The lowest BCUT2D eigenvalue weighted by Gasteiger charge is -2.24. The predicted octanol–water partition coefficient (Wildman–Crippen LogP) is 2.86. The maximum Gasteiger partial charge on any atom is 0.289 e. The quantitative estimate of drug-likeness (QED) is 0.866. The first-order valence-electron chi connectivity index (χ1n) is 9.09. The van der Waals surface area contributed by atoms with Gasteiger partial charge in [-0.15, -0.1) is 0 Å². The number of benzene rings is 1. The Morgan fingerprint density at radius 2 is 1.96 bits per heavy atom. The monoisotopic (exact) mass is 354 g/mol. The molecule has 1 atom stereocenters. The van der Waals surface area contributed by atoms with Gasteiger partial charge in [-0.3, -0.25) is 9.59 Å². The van der Waals surface area contributed by atoms with E-state index in [2.05, 4.69) is 5.32 Å². The zero-order valence-corrected chi connectivity index (χ0v) is 14.5. The molecule has 4 rings (SSSR count). The summed E-state index contributed by atoms with van der Waals surface area (Å²) >= 11 is 0. The molecular formula is C20H22N2O4. The summed E-state index contributed by atoms with van der Waals surface area (Å²) in [5.74, 6) is 0.937. The van der Waals surface area contributed by atoms with E-state index in [9.17, 15) is 9.59 Å². The van der Waals surface area contributed by atoms with Crippen LogP contribution in [0.15, 0.2) is 47.1 Å². The number of ether oxygens (including phenoxy) is 1. The van der Waals surface area contributed by atoms with Crippen molar-refractivity contribution in [3.63, 3.8) is 0 Å². The first-order valence-corrected chi connectivity index (χ1v) is 9.09. The van der Waals surface area contributed by atoms with Crippen molar-refractivity contribution >= 4 is 11.8 Å². The number of carbonyl (C=O) groups excluding carboxylic acids is 2. The minimum absolute atomic E-state index is 0.0328. The molecule has 1 aliphatic heterocycles. The van der Waals surface area contributed by atoms with Crippen LogP contribution >= 0.6 is 0 Å². The molecule has 1 aromatic heterocycles. The zero-order chi connectivity index (χ0) is 17.9. The van der Waals surface area contributed by atoms with Gasteiger partial charge in [0.25, 0.3) is 11.8 Å². The fourth-order valence-corrected chi connectivity index (χ4v) is 3.21. The Balaban J connectivity index is 1.32. The molecule has 0 unspecified atom stereocenters. The van der Waals surface area contributed by atoms with E-state index >= 15 is 0 Å². The summed E-state index contributed by atoms with van der Waals surface area (Å²) in [7, 11) is 0. The van der Waals surface area contributed by atoms with Crippen molar-refractivity contribution in [2.75, 3.05) is 13.2 Å². The first kappa shape index (κ1) is 16.7. The van der Waals surface area contributed by atoms with Gasteiger partial charge in [-0.2, -0.15) is 0 Å². The van der Waals surface area contributed by atoms with Crippen LogP contribution in [0.25, 0.3) is 0 Å². The maximum absolute atomic E-state index is 12.5. The second-order valence-electron chi connectivity index (χ2n) is 6.86. The lowest BCUT2D eigenvalue weighted by molar-refractivity contribution is 0.0659. The molecule has 2 heterocycles. The third-order valence-electron chi connectivity index (χ3n) is 4.84. The summed E-state index contributed by atoms with van der Waals surface area (Å²) in [6.45, 7) is 1.15. The lowest BCUT2D eigenvalue weighted by Crippen LogP contribution is -2.38. The van der Waals surface area contributed by atoms with E-state index in [1.807, 2.05) is 4.90 Å². The molecule has 0 radical (unpaired) electrons. The van der Waals surface area contributed by atoms with E-state index in [-0.39, 0.29) is 17.9 Å². The maximum atomic E-state index is 12.5. The highest BCUT2D eigenvalue weighted by Crippen LogP contribution is 2.23. The van der Waals surface area contributed by atoms with E-state index in [0.717, 1.165) is 25.7 Å². The molecule has 26 heavy (non-hydrogen) atoms. The molecule has 1 saturated carbocycles. The van der Waals surface area contributed by atoms with Gasteiger partial charge in [-0.05, 0) is 62.1 Å². The highest BCUT2D eigenvalue weighted by Gasteiger charge is 2.31. The predicted molar refractivity (Wildman–Crippen MR) is 95.2 cm³/mol. The molecule has 0 bridgehead atoms. The molecule has 2 amide bonds. The van der Waals surface area contributed by atoms with E-state index in [0.29, 0.717) is 36.3 Å². The number of furan rings is 1. The third kappa shape index (κ3) is 3.74. The van der Waals surface area contributed by atoms with Crippen LogP contribution < -0.4 is 10.1 Å². The van der Waals surface area contributed by atoms with E-state index < -0.39 is 0 Å². The zero-order valence-electron chi connectivity index (χ0n) is 14.5. The van der Waals surface area contributed by atoms with Crippen LogP contribution in [0.2, 0.25) is 0 Å². The van der Waals surface area contributed by atoms with Crippen LogP contribution in [-0.2, 0) is 0 Å². The smallest absolute Gasteiger partial charge is 0.289 e. The molecule has 6 heteroatoms. The lowest BCUT2D eigenvalue weighted by atomic mass is 10.2. The van der Waals surface area contributed by atoms with Crippen molar-refractivity contribution in [2.24, 2.45) is 0 Å². The van der Waals surface area contributed by atoms with Gasteiger partial charge < -0.3 is 19.4 Å². The number of carbonyl (C=O) groups is 2. The Morgan fingerprint density at radius 1 is 1.15 bits per heavy atom. The van der Waals surface area contributed by atoms with Crippen LogP contribution in [0, 0.1) is 0 Å². The average Bonchev–Trinajstić information content (AvgIpc) is 3.15. The minimum Gasteiger partial charge on any atom is -0.491 e. The summed E-state index contributed by atoms with van der Waals surface area (Å²) < 4.78 is 11.1. The standard InChI is InChI=1S/C20H22N2O4/c23-19(21-15-7-8-15)14-5-9-17(10-6-14)26-13-16-3-1-11-22(16)20(24)18-4-2-12-25-18/h2,4-6,9-10,12,15-16H,1,3,7-8,11,13H2,(H,21,23)/t16-/m1/s1. The van der Waals surface area contributed by atoms with Crippen molar-refractivity contribution in [3.8, 4) is 5.75 Å². The van der Waals surface area contributed by atoms with E-state index in [4.69, 9.17) is 9.15 Å². The number of nitrogens with zero attached hydrogens (tertiary/aromatic N) is 1. The second kappa shape index (κ2) is 7.23. The Labute approximate surface area is 152 Å². The summed E-state index contributed by atoms with van der Waals surface area (Å²) in [5.41, 5.74) is 0.639.